The van der Waals surface area contributed by atoms with Gasteiger partial charge in [-0.15, -0.1) is 0 Å². The van der Waals surface area contributed by atoms with Gasteiger partial charge in [-0.2, -0.15) is 0 Å². The number of pyridine rings is 1. The molecule has 0 aliphatic heterocycles. The summed E-state index contributed by atoms with van der Waals surface area (Å²) in [5, 5.41) is 0. The van der Waals surface area contributed by atoms with Gasteiger partial charge < -0.3 is 11.5 Å². The molecular weight excluding hydrogens is 150 g/mol. The zero-order valence-electron chi connectivity index (χ0n) is 7.39. The number of aromatic nitrogens is 1. The van der Waals surface area contributed by atoms with Gasteiger partial charge in [-0.3, -0.25) is 0 Å². The molecule has 0 radical (unpaired) electrons. The van der Waals surface area contributed by atoms with Crippen LogP contribution < -0.4 is 11.5 Å². The lowest BCUT2D eigenvalue weighted by molar-refractivity contribution is 1.15. The Morgan fingerprint density at radius 1 is 1.50 bits per heavy atom. The van der Waals surface area contributed by atoms with Crippen LogP contribution in [0.5, 0.6) is 0 Å². The van der Waals surface area contributed by atoms with E-state index in [1.165, 1.54) is 0 Å². The summed E-state index contributed by atoms with van der Waals surface area (Å²) in [5.41, 5.74) is 14.4. The van der Waals surface area contributed by atoms with Crippen molar-refractivity contribution >= 4 is 11.5 Å². The van der Waals surface area contributed by atoms with Gasteiger partial charge in [0.2, 0.25) is 0 Å². The van der Waals surface area contributed by atoms with E-state index >= 15 is 0 Å². The Labute approximate surface area is 72.1 Å². The second kappa shape index (κ2) is 2.85. The van der Waals surface area contributed by atoms with Crippen LogP contribution in [0.15, 0.2) is 12.6 Å². The number of rotatable bonds is 1. The molecule has 0 fully saturated rings. The summed E-state index contributed by atoms with van der Waals surface area (Å²) < 4.78 is 0. The second-order valence-electron chi connectivity index (χ2n) is 2.85. The topological polar surface area (TPSA) is 64.9 Å². The standard InChI is InChI=1S/C9H13N3/c1-5-4-8(6(2)10)9(11)12-7(5)3/h4H,2,10H2,1,3H3,(H2,11,12). The van der Waals surface area contributed by atoms with Crippen LogP contribution in [0.2, 0.25) is 0 Å². The fourth-order valence-electron chi connectivity index (χ4n) is 0.981. The van der Waals surface area contributed by atoms with E-state index in [1.54, 1.807) is 0 Å². The van der Waals surface area contributed by atoms with Gasteiger partial charge in [0, 0.05) is 17.0 Å². The molecule has 0 atom stereocenters. The van der Waals surface area contributed by atoms with E-state index in [4.69, 9.17) is 11.5 Å². The van der Waals surface area contributed by atoms with E-state index in [9.17, 15) is 0 Å². The van der Waals surface area contributed by atoms with Crippen molar-refractivity contribution in [1.82, 2.24) is 4.98 Å². The summed E-state index contributed by atoms with van der Waals surface area (Å²) in [5.74, 6) is 0.450. The Morgan fingerprint density at radius 2 is 2.08 bits per heavy atom. The maximum atomic E-state index is 5.64. The summed E-state index contributed by atoms with van der Waals surface area (Å²) in [6, 6.07) is 1.90. The van der Waals surface area contributed by atoms with Crippen LogP contribution in [-0.4, -0.2) is 4.98 Å². The van der Waals surface area contributed by atoms with Crippen LogP contribution >= 0.6 is 0 Å². The molecule has 64 valence electrons. The van der Waals surface area contributed by atoms with Gasteiger partial charge in [-0.05, 0) is 25.5 Å². The number of hydrogen-bond donors (Lipinski definition) is 2. The lowest BCUT2D eigenvalue weighted by atomic mass is 10.1. The van der Waals surface area contributed by atoms with E-state index < -0.39 is 0 Å². The lowest BCUT2D eigenvalue weighted by Crippen LogP contribution is -2.04. The highest BCUT2D eigenvalue weighted by Gasteiger charge is 2.04. The summed E-state index contributed by atoms with van der Waals surface area (Å²) in [4.78, 5) is 4.13. The molecule has 0 saturated carbocycles. The molecular formula is C9H13N3. The van der Waals surface area contributed by atoms with Crippen LogP contribution in [0.25, 0.3) is 5.70 Å². The average molecular weight is 163 g/mol. The molecule has 3 heteroatoms. The monoisotopic (exact) mass is 163 g/mol. The van der Waals surface area contributed by atoms with E-state index in [2.05, 4.69) is 11.6 Å². The van der Waals surface area contributed by atoms with E-state index in [0.717, 1.165) is 16.8 Å². The van der Waals surface area contributed by atoms with Gasteiger partial charge in [0.1, 0.15) is 5.82 Å². The number of aryl methyl sites for hydroxylation is 2. The molecule has 1 aromatic heterocycles. The molecule has 1 heterocycles. The molecule has 0 aromatic carbocycles. The Bertz CT molecular complexity index is 329. The fraction of sp³-hybridized carbons (Fsp3) is 0.222. The molecule has 1 aromatic rings. The Balaban J connectivity index is 3.33. The Hall–Kier alpha value is -1.51. The number of nitrogens with zero attached hydrogens (tertiary/aromatic N) is 1. The van der Waals surface area contributed by atoms with Gasteiger partial charge in [0.15, 0.2) is 0 Å². The minimum absolute atomic E-state index is 0.450. The molecule has 0 spiro atoms. The van der Waals surface area contributed by atoms with Gasteiger partial charge in [-0.25, -0.2) is 4.98 Å². The number of anilines is 1. The first-order valence-corrected chi connectivity index (χ1v) is 3.71. The highest BCUT2D eigenvalue weighted by atomic mass is 14.9. The van der Waals surface area contributed by atoms with Crippen molar-refractivity contribution < 1.29 is 0 Å². The predicted octanol–water partition coefficient (Wildman–Crippen LogP) is 1.21. The maximum Gasteiger partial charge on any atom is 0.133 e. The molecule has 0 unspecified atom stereocenters. The third-order valence-electron chi connectivity index (χ3n) is 1.84. The first-order valence-electron chi connectivity index (χ1n) is 3.71. The largest absolute Gasteiger partial charge is 0.399 e. The Kier molecular flexibility index (Phi) is 2.04. The maximum absolute atomic E-state index is 5.64. The van der Waals surface area contributed by atoms with Gasteiger partial charge in [0.25, 0.3) is 0 Å². The van der Waals surface area contributed by atoms with Crippen molar-refractivity contribution in [3.05, 3.63) is 29.5 Å². The molecule has 0 aliphatic rings. The van der Waals surface area contributed by atoms with Crippen LogP contribution in [0.3, 0.4) is 0 Å². The third-order valence-corrected chi connectivity index (χ3v) is 1.84. The number of hydrogen-bond acceptors (Lipinski definition) is 3. The van der Waals surface area contributed by atoms with Gasteiger partial charge in [0.05, 0.1) is 0 Å². The van der Waals surface area contributed by atoms with Crippen molar-refractivity contribution in [2.75, 3.05) is 5.73 Å². The lowest BCUT2D eigenvalue weighted by Gasteiger charge is -2.07. The van der Waals surface area contributed by atoms with Crippen molar-refractivity contribution in [2.24, 2.45) is 5.73 Å². The molecule has 4 N–H and O–H groups in total. The summed E-state index contributed by atoms with van der Waals surface area (Å²) in [6.07, 6.45) is 0. The summed E-state index contributed by atoms with van der Waals surface area (Å²) >= 11 is 0. The normalized spacial score (nSPS) is 9.83. The first-order chi connectivity index (χ1) is 5.52. The minimum atomic E-state index is 0.450. The SMILES string of the molecule is C=C(N)c1cc(C)c(C)nc1N. The van der Waals surface area contributed by atoms with Gasteiger partial charge >= 0.3 is 0 Å². The first kappa shape index (κ1) is 8.59. The molecule has 0 aliphatic carbocycles. The Morgan fingerprint density at radius 3 is 2.58 bits per heavy atom. The average Bonchev–Trinajstić information content (AvgIpc) is 1.96. The number of nitrogen functional groups attached to an aromatic ring is 1. The van der Waals surface area contributed by atoms with E-state index in [0.29, 0.717) is 11.5 Å². The molecule has 12 heavy (non-hydrogen) atoms. The third kappa shape index (κ3) is 1.39. The molecule has 1 rings (SSSR count). The summed E-state index contributed by atoms with van der Waals surface area (Å²) in [6.45, 7) is 7.49. The summed E-state index contributed by atoms with van der Waals surface area (Å²) in [7, 11) is 0. The molecule has 0 amide bonds. The van der Waals surface area contributed by atoms with Crippen molar-refractivity contribution in [3.8, 4) is 0 Å². The van der Waals surface area contributed by atoms with E-state index in [-0.39, 0.29) is 0 Å². The second-order valence-corrected chi connectivity index (χ2v) is 2.85. The molecule has 0 saturated heterocycles. The van der Waals surface area contributed by atoms with Gasteiger partial charge in [-0.1, -0.05) is 6.58 Å². The minimum Gasteiger partial charge on any atom is -0.399 e. The fourth-order valence-corrected chi connectivity index (χ4v) is 0.981. The zero-order valence-corrected chi connectivity index (χ0v) is 7.39. The molecule has 0 bridgehead atoms. The van der Waals surface area contributed by atoms with Crippen molar-refractivity contribution in [3.63, 3.8) is 0 Å². The van der Waals surface area contributed by atoms with Crippen LogP contribution in [0, 0.1) is 13.8 Å². The predicted molar refractivity (Wildman–Crippen MR) is 51.3 cm³/mol. The molecule has 3 nitrogen and oxygen atoms in total. The number of nitrogens with two attached hydrogens (primary N) is 2. The highest BCUT2D eigenvalue weighted by Crippen LogP contribution is 2.17. The van der Waals surface area contributed by atoms with Crippen LogP contribution in [-0.2, 0) is 0 Å². The van der Waals surface area contributed by atoms with Crippen molar-refractivity contribution in [1.29, 1.82) is 0 Å². The van der Waals surface area contributed by atoms with Crippen LogP contribution in [0.4, 0.5) is 5.82 Å². The quantitative estimate of drug-likeness (QED) is 0.654. The smallest absolute Gasteiger partial charge is 0.133 e. The van der Waals surface area contributed by atoms with Crippen molar-refractivity contribution in [2.45, 2.75) is 13.8 Å². The van der Waals surface area contributed by atoms with Crippen LogP contribution in [0.1, 0.15) is 16.8 Å². The zero-order chi connectivity index (χ0) is 9.30. The highest BCUT2D eigenvalue weighted by molar-refractivity contribution is 5.69. The van der Waals surface area contributed by atoms with E-state index in [1.807, 2.05) is 19.9 Å².